The van der Waals surface area contributed by atoms with Crippen molar-refractivity contribution in [3.8, 4) is 0 Å². The summed E-state index contributed by atoms with van der Waals surface area (Å²) in [7, 11) is 3.25. The quantitative estimate of drug-likeness (QED) is 0.764. The summed E-state index contributed by atoms with van der Waals surface area (Å²) in [4.78, 5) is 13.6. The minimum Gasteiger partial charge on any atom is -0.444 e. The van der Waals surface area contributed by atoms with Crippen LogP contribution in [0.4, 0.5) is 4.79 Å². The third kappa shape index (κ3) is 6.66. The topological polar surface area (TPSA) is 63.7 Å². The van der Waals surface area contributed by atoms with Gasteiger partial charge in [0, 0.05) is 17.7 Å². The molecule has 0 saturated carbocycles. The molecule has 1 amide bonds. The number of amides is 1. The predicted molar refractivity (Wildman–Crippen MR) is 87.4 cm³/mol. The van der Waals surface area contributed by atoms with Crippen LogP contribution >= 0.6 is 10.7 Å². The molecule has 1 aromatic carbocycles. The lowest BCUT2D eigenvalue weighted by molar-refractivity contribution is 0.0216. The first-order valence-corrected chi connectivity index (χ1v) is 9.40. The molecule has 0 saturated heterocycles. The van der Waals surface area contributed by atoms with Gasteiger partial charge in [0.15, 0.2) is 0 Å². The number of carbonyl (C=O) groups is 1. The van der Waals surface area contributed by atoms with Crippen LogP contribution in [0.5, 0.6) is 0 Å². The minimum atomic E-state index is -3.63. The van der Waals surface area contributed by atoms with Crippen LogP contribution in [0, 0.1) is 0 Å². The summed E-state index contributed by atoms with van der Waals surface area (Å²) in [6.07, 6.45) is -0.306. The molecule has 5 nitrogen and oxygen atoms in total. The molecule has 0 aliphatic rings. The Morgan fingerprint density at radius 2 is 1.82 bits per heavy atom. The van der Waals surface area contributed by atoms with E-state index in [9.17, 15) is 13.2 Å². The zero-order valence-corrected chi connectivity index (χ0v) is 14.8. The second-order valence-corrected chi connectivity index (χ2v) is 8.95. The highest BCUT2D eigenvalue weighted by atomic mass is 35.7. The number of hydrogen-bond acceptors (Lipinski definition) is 4. The summed E-state index contributed by atoms with van der Waals surface area (Å²) in [6, 6.07) is 8.77. The largest absolute Gasteiger partial charge is 0.444 e. The SMILES string of the molecule is CN(C(=O)OC(C)(C)C)C(CCS(=O)(=O)Cl)c1ccccc1. The Morgan fingerprint density at radius 1 is 1.27 bits per heavy atom. The summed E-state index contributed by atoms with van der Waals surface area (Å²) in [5.74, 6) is -0.221. The van der Waals surface area contributed by atoms with E-state index < -0.39 is 26.8 Å². The van der Waals surface area contributed by atoms with E-state index in [1.807, 2.05) is 30.3 Å². The van der Waals surface area contributed by atoms with Crippen LogP contribution in [0.1, 0.15) is 38.8 Å². The van der Waals surface area contributed by atoms with E-state index in [-0.39, 0.29) is 12.2 Å². The summed E-state index contributed by atoms with van der Waals surface area (Å²) in [6.45, 7) is 5.33. The molecule has 1 aromatic rings. The number of hydrogen-bond donors (Lipinski definition) is 0. The lowest BCUT2D eigenvalue weighted by Crippen LogP contribution is -2.37. The maximum atomic E-state index is 12.2. The predicted octanol–water partition coefficient (Wildman–Crippen LogP) is 3.55. The van der Waals surface area contributed by atoms with Gasteiger partial charge in [0.25, 0.3) is 0 Å². The molecule has 0 spiro atoms. The van der Waals surface area contributed by atoms with E-state index in [0.717, 1.165) is 5.56 Å². The van der Waals surface area contributed by atoms with Gasteiger partial charge in [-0.25, -0.2) is 13.2 Å². The summed E-state index contributed by atoms with van der Waals surface area (Å²) >= 11 is 0. The highest BCUT2D eigenvalue weighted by Crippen LogP contribution is 2.26. The molecule has 0 bridgehead atoms. The average Bonchev–Trinajstić information content (AvgIpc) is 2.36. The van der Waals surface area contributed by atoms with Crippen molar-refractivity contribution in [1.82, 2.24) is 4.90 Å². The Morgan fingerprint density at radius 3 is 2.27 bits per heavy atom. The molecule has 0 aliphatic carbocycles. The lowest BCUT2D eigenvalue weighted by atomic mass is 10.0. The molecule has 0 radical (unpaired) electrons. The van der Waals surface area contributed by atoms with Crippen LogP contribution in [0.3, 0.4) is 0 Å². The molecule has 22 heavy (non-hydrogen) atoms. The van der Waals surface area contributed by atoms with Gasteiger partial charge in [0.2, 0.25) is 9.05 Å². The summed E-state index contributed by atoms with van der Waals surface area (Å²) in [5.41, 5.74) is 0.210. The Kier molecular flexibility index (Phi) is 6.26. The number of halogens is 1. The van der Waals surface area contributed by atoms with Crippen molar-refractivity contribution in [2.45, 2.75) is 38.8 Å². The normalized spacial score (nSPS) is 13.5. The Hall–Kier alpha value is -1.27. The smallest absolute Gasteiger partial charge is 0.410 e. The second-order valence-electron chi connectivity index (χ2n) is 6.05. The molecule has 0 heterocycles. The number of carbonyl (C=O) groups excluding carboxylic acids is 1. The fourth-order valence-corrected chi connectivity index (χ4v) is 2.74. The molecule has 0 fully saturated rings. The van der Waals surface area contributed by atoms with Crippen LogP contribution in [-0.4, -0.2) is 37.8 Å². The van der Waals surface area contributed by atoms with E-state index in [0.29, 0.717) is 0 Å². The first-order chi connectivity index (χ1) is 9.99. The minimum absolute atomic E-state index is 0.200. The van der Waals surface area contributed by atoms with Crippen LogP contribution in [0.25, 0.3) is 0 Å². The van der Waals surface area contributed by atoms with E-state index in [1.54, 1.807) is 27.8 Å². The van der Waals surface area contributed by atoms with Gasteiger partial charge in [-0.05, 0) is 32.8 Å². The van der Waals surface area contributed by atoms with E-state index in [2.05, 4.69) is 0 Å². The number of benzene rings is 1. The maximum absolute atomic E-state index is 12.2. The van der Waals surface area contributed by atoms with Gasteiger partial charge in [-0.15, -0.1) is 0 Å². The van der Waals surface area contributed by atoms with Gasteiger partial charge in [0.1, 0.15) is 5.60 Å². The van der Waals surface area contributed by atoms with Crippen molar-refractivity contribution >= 4 is 25.8 Å². The van der Waals surface area contributed by atoms with Gasteiger partial charge in [-0.1, -0.05) is 30.3 Å². The third-order valence-corrected chi connectivity index (χ3v) is 4.15. The fraction of sp³-hybridized carbons (Fsp3) is 0.533. The third-order valence-electron chi connectivity index (χ3n) is 2.97. The van der Waals surface area contributed by atoms with Crippen molar-refractivity contribution < 1.29 is 17.9 Å². The highest BCUT2D eigenvalue weighted by molar-refractivity contribution is 8.13. The van der Waals surface area contributed by atoms with E-state index in [4.69, 9.17) is 15.4 Å². The molecule has 124 valence electrons. The van der Waals surface area contributed by atoms with Gasteiger partial charge >= 0.3 is 6.09 Å². The fourth-order valence-electron chi connectivity index (χ4n) is 1.97. The first kappa shape index (κ1) is 18.8. The van der Waals surface area contributed by atoms with Crippen LogP contribution in [0.2, 0.25) is 0 Å². The molecule has 1 unspecified atom stereocenters. The standard InChI is InChI=1S/C15H22ClNO4S/c1-15(2,3)21-14(18)17(4)13(10-11-22(16,19)20)12-8-6-5-7-9-12/h5-9,13H,10-11H2,1-4H3. The zero-order chi connectivity index (χ0) is 17.0. The second kappa shape index (κ2) is 7.33. The van der Waals surface area contributed by atoms with Gasteiger partial charge in [0.05, 0.1) is 11.8 Å². The maximum Gasteiger partial charge on any atom is 0.410 e. The van der Waals surface area contributed by atoms with Gasteiger partial charge in [-0.2, -0.15) is 0 Å². The summed E-state index contributed by atoms with van der Waals surface area (Å²) < 4.78 is 27.8. The molecular formula is C15H22ClNO4S. The average molecular weight is 348 g/mol. The van der Waals surface area contributed by atoms with Crippen molar-refractivity contribution in [3.05, 3.63) is 35.9 Å². The Bertz CT molecular complexity index is 596. The lowest BCUT2D eigenvalue weighted by Gasteiger charge is -2.31. The van der Waals surface area contributed by atoms with E-state index in [1.165, 1.54) is 4.90 Å². The number of ether oxygens (including phenoxy) is 1. The molecule has 0 aromatic heterocycles. The van der Waals surface area contributed by atoms with Crippen molar-refractivity contribution in [1.29, 1.82) is 0 Å². The highest BCUT2D eigenvalue weighted by Gasteiger charge is 2.27. The number of rotatable bonds is 5. The van der Waals surface area contributed by atoms with Crippen LogP contribution in [0.15, 0.2) is 30.3 Å². The Balaban J connectivity index is 2.97. The summed E-state index contributed by atoms with van der Waals surface area (Å²) in [5, 5.41) is 0. The van der Waals surface area contributed by atoms with Crippen LogP contribution in [-0.2, 0) is 13.8 Å². The zero-order valence-electron chi connectivity index (χ0n) is 13.2. The van der Waals surface area contributed by atoms with Crippen molar-refractivity contribution in [3.63, 3.8) is 0 Å². The molecule has 1 atom stereocenters. The molecule has 1 rings (SSSR count). The molecule has 7 heteroatoms. The van der Waals surface area contributed by atoms with Crippen LogP contribution < -0.4 is 0 Å². The first-order valence-electron chi connectivity index (χ1n) is 6.93. The van der Waals surface area contributed by atoms with E-state index >= 15 is 0 Å². The number of nitrogens with zero attached hydrogens (tertiary/aromatic N) is 1. The molecule has 0 N–H and O–H groups in total. The molecule has 0 aliphatic heterocycles. The van der Waals surface area contributed by atoms with Crippen molar-refractivity contribution in [2.75, 3.05) is 12.8 Å². The van der Waals surface area contributed by atoms with Gasteiger partial charge in [-0.3, -0.25) is 0 Å². The Labute approximate surface area is 136 Å². The molecular weight excluding hydrogens is 326 g/mol. The monoisotopic (exact) mass is 347 g/mol. The van der Waals surface area contributed by atoms with Gasteiger partial charge < -0.3 is 9.64 Å². The van der Waals surface area contributed by atoms with Crippen molar-refractivity contribution in [2.24, 2.45) is 0 Å².